The van der Waals surface area contributed by atoms with E-state index in [4.69, 9.17) is 9.47 Å². The number of benzene rings is 3. The van der Waals surface area contributed by atoms with Gasteiger partial charge in [-0.2, -0.15) is 0 Å². The van der Waals surface area contributed by atoms with Crippen molar-refractivity contribution in [3.05, 3.63) is 101 Å². The third kappa shape index (κ3) is 5.87. The van der Waals surface area contributed by atoms with Crippen LogP contribution in [0, 0.1) is 11.6 Å². The van der Waals surface area contributed by atoms with E-state index in [1.54, 1.807) is 61.6 Å². The number of halogens is 2. The zero-order valence-corrected chi connectivity index (χ0v) is 19.8. The fourth-order valence-corrected chi connectivity index (χ4v) is 4.33. The number of ether oxygens (including phenoxy) is 2. The van der Waals surface area contributed by atoms with Gasteiger partial charge in [0.1, 0.15) is 23.1 Å². The van der Waals surface area contributed by atoms with Gasteiger partial charge in [0.2, 0.25) is 5.91 Å². The summed E-state index contributed by atoms with van der Waals surface area (Å²) in [5, 5.41) is 0. The molecule has 35 heavy (non-hydrogen) atoms. The Morgan fingerprint density at radius 2 is 1.40 bits per heavy atom. The van der Waals surface area contributed by atoms with Gasteiger partial charge in [0.15, 0.2) is 0 Å². The van der Waals surface area contributed by atoms with Crippen molar-refractivity contribution in [2.75, 3.05) is 40.4 Å². The molecule has 0 aromatic heterocycles. The number of hydrogen-bond donors (Lipinski definition) is 0. The second-order valence-electron chi connectivity index (χ2n) is 8.31. The minimum absolute atomic E-state index is 0.0809. The van der Waals surface area contributed by atoms with E-state index in [1.165, 1.54) is 24.3 Å². The lowest BCUT2D eigenvalue weighted by Gasteiger charge is -2.39. The van der Waals surface area contributed by atoms with E-state index in [-0.39, 0.29) is 23.6 Å². The summed E-state index contributed by atoms with van der Waals surface area (Å²) in [4.78, 5) is 16.9. The molecule has 1 aliphatic rings. The van der Waals surface area contributed by atoms with E-state index in [0.29, 0.717) is 37.7 Å². The molecular formula is C28H28F2N2O3. The Morgan fingerprint density at radius 3 is 1.91 bits per heavy atom. The highest BCUT2D eigenvalue weighted by molar-refractivity contribution is 5.92. The number of piperazine rings is 1. The second-order valence-corrected chi connectivity index (χ2v) is 8.31. The van der Waals surface area contributed by atoms with Crippen molar-refractivity contribution in [3.8, 4) is 11.5 Å². The van der Waals surface area contributed by atoms with Crippen LogP contribution in [0.1, 0.15) is 22.7 Å². The Morgan fingerprint density at radius 1 is 0.829 bits per heavy atom. The minimum Gasteiger partial charge on any atom is -0.497 e. The molecule has 5 nitrogen and oxygen atoms in total. The molecule has 0 spiro atoms. The molecule has 7 heteroatoms. The molecule has 3 aromatic rings. The van der Waals surface area contributed by atoms with Gasteiger partial charge < -0.3 is 14.4 Å². The summed E-state index contributed by atoms with van der Waals surface area (Å²) in [6.07, 6.45) is 3.30. The van der Waals surface area contributed by atoms with Crippen LogP contribution in [0.4, 0.5) is 8.78 Å². The highest BCUT2D eigenvalue weighted by Crippen LogP contribution is 2.30. The van der Waals surface area contributed by atoms with Crippen LogP contribution in [0.5, 0.6) is 11.5 Å². The average molecular weight is 479 g/mol. The van der Waals surface area contributed by atoms with Gasteiger partial charge in [0.05, 0.1) is 20.3 Å². The number of methoxy groups -OCH3 is 2. The molecule has 0 unspecified atom stereocenters. The third-order valence-electron chi connectivity index (χ3n) is 6.21. The zero-order chi connectivity index (χ0) is 24.8. The van der Waals surface area contributed by atoms with Gasteiger partial charge in [-0.1, -0.05) is 24.3 Å². The number of amides is 1. The van der Waals surface area contributed by atoms with Crippen molar-refractivity contribution in [1.82, 2.24) is 9.80 Å². The van der Waals surface area contributed by atoms with E-state index in [1.807, 2.05) is 12.1 Å². The normalized spacial score (nSPS) is 14.5. The molecule has 0 aliphatic carbocycles. The van der Waals surface area contributed by atoms with Crippen LogP contribution in [0.15, 0.2) is 72.8 Å². The van der Waals surface area contributed by atoms with Gasteiger partial charge in [0, 0.05) is 43.9 Å². The molecular weight excluding hydrogens is 450 g/mol. The summed E-state index contributed by atoms with van der Waals surface area (Å²) in [6.45, 7) is 2.35. The fraction of sp³-hybridized carbons (Fsp3) is 0.250. The molecule has 0 N–H and O–H groups in total. The molecule has 4 rings (SSSR count). The highest BCUT2D eigenvalue weighted by Gasteiger charge is 2.27. The van der Waals surface area contributed by atoms with Crippen LogP contribution in [0.3, 0.4) is 0 Å². The van der Waals surface area contributed by atoms with Crippen LogP contribution in [-0.4, -0.2) is 56.1 Å². The Balaban J connectivity index is 1.46. The number of carbonyl (C=O) groups excluding carboxylic acids is 1. The van der Waals surface area contributed by atoms with Crippen molar-refractivity contribution in [1.29, 1.82) is 0 Å². The van der Waals surface area contributed by atoms with Crippen molar-refractivity contribution >= 4 is 12.0 Å². The zero-order valence-electron chi connectivity index (χ0n) is 19.8. The number of rotatable bonds is 7. The summed E-state index contributed by atoms with van der Waals surface area (Å²) >= 11 is 0. The molecule has 182 valence electrons. The first kappa shape index (κ1) is 24.4. The van der Waals surface area contributed by atoms with Crippen LogP contribution < -0.4 is 9.47 Å². The molecule has 1 saturated heterocycles. The summed E-state index contributed by atoms with van der Waals surface area (Å²) < 4.78 is 37.7. The van der Waals surface area contributed by atoms with Gasteiger partial charge in [-0.3, -0.25) is 9.69 Å². The topological polar surface area (TPSA) is 42.0 Å². The van der Waals surface area contributed by atoms with Crippen LogP contribution in [0.25, 0.3) is 6.08 Å². The van der Waals surface area contributed by atoms with Gasteiger partial charge in [-0.25, -0.2) is 8.78 Å². The van der Waals surface area contributed by atoms with Gasteiger partial charge >= 0.3 is 0 Å². The lowest BCUT2D eigenvalue weighted by Crippen LogP contribution is -2.49. The Bertz CT molecular complexity index is 1130. The number of hydrogen-bond acceptors (Lipinski definition) is 4. The summed E-state index contributed by atoms with van der Waals surface area (Å²) in [6, 6.07) is 18.0. The molecule has 0 saturated carbocycles. The molecule has 0 bridgehead atoms. The van der Waals surface area contributed by atoms with Crippen molar-refractivity contribution in [2.45, 2.75) is 6.04 Å². The minimum atomic E-state index is -0.303. The maximum Gasteiger partial charge on any atom is 0.246 e. The maximum absolute atomic E-state index is 13.5. The summed E-state index contributed by atoms with van der Waals surface area (Å²) in [7, 11) is 3.16. The van der Waals surface area contributed by atoms with Crippen molar-refractivity contribution in [3.63, 3.8) is 0 Å². The smallest absolute Gasteiger partial charge is 0.246 e. The Labute approximate surface area is 204 Å². The van der Waals surface area contributed by atoms with E-state index in [0.717, 1.165) is 16.7 Å². The lowest BCUT2D eigenvalue weighted by atomic mass is 9.96. The number of nitrogens with zero attached hydrogens (tertiary/aromatic N) is 2. The average Bonchev–Trinajstić information content (AvgIpc) is 2.90. The van der Waals surface area contributed by atoms with E-state index in [2.05, 4.69) is 4.90 Å². The van der Waals surface area contributed by atoms with Crippen molar-refractivity contribution in [2.24, 2.45) is 0 Å². The third-order valence-corrected chi connectivity index (χ3v) is 6.21. The Hall–Kier alpha value is -3.71. The molecule has 1 amide bonds. The first-order chi connectivity index (χ1) is 17.0. The lowest BCUT2D eigenvalue weighted by molar-refractivity contribution is -0.127. The predicted octanol–water partition coefficient (Wildman–Crippen LogP) is 4.93. The predicted molar refractivity (Wildman–Crippen MR) is 131 cm³/mol. The van der Waals surface area contributed by atoms with Crippen molar-refractivity contribution < 1.29 is 23.0 Å². The summed E-state index contributed by atoms with van der Waals surface area (Å²) in [5.74, 6) is 0.616. The SMILES string of the molecule is COc1ccc(C=CC(=O)N2CCN(C(c3ccc(F)cc3)c3ccc(F)cc3)CC2)c(OC)c1. The first-order valence-electron chi connectivity index (χ1n) is 11.4. The van der Waals surface area contributed by atoms with E-state index in [9.17, 15) is 13.6 Å². The monoisotopic (exact) mass is 478 g/mol. The first-order valence-corrected chi connectivity index (χ1v) is 11.4. The number of carbonyl (C=O) groups is 1. The van der Waals surface area contributed by atoms with Crippen LogP contribution >= 0.6 is 0 Å². The van der Waals surface area contributed by atoms with E-state index < -0.39 is 0 Å². The molecule has 1 fully saturated rings. The van der Waals surface area contributed by atoms with Gasteiger partial charge in [0.25, 0.3) is 0 Å². The largest absolute Gasteiger partial charge is 0.497 e. The molecule has 0 atom stereocenters. The van der Waals surface area contributed by atoms with E-state index >= 15 is 0 Å². The highest BCUT2D eigenvalue weighted by atomic mass is 19.1. The molecule has 3 aromatic carbocycles. The maximum atomic E-state index is 13.5. The molecule has 0 radical (unpaired) electrons. The molecule has 1 aliphatic heterocycles. The summed E-state index contributed by atoms with van der Waals surface area (Å²) in [5.41, 5.74) is 2.63. The second kappa shape index (κ2) is 11.1. The van der Waals surface area contributed by atoms with Crippen LogP contribution in [-0.2, 0) is 4.79 Å². The molecule has 1 heterocycles. The van der Waals surface area contributed by atoms with Gasteiger partial charge in [-0.15, -0.1) is 0 Å². The fourth-order valence-electron chi connectivity index (χ4n) is 4.33. The Kier molecular flexibility index (Phi) is 7.77. The van der Waals surface area contributed by atoms with Crippen LogP contribution in [0.2, 0.25) is 0 Å². The quantitative estimate of drug-likeness (QED) is 0.452. The van der Waals surface area contributed by atoms with Gasteiger partial charge in [-0.05, 0) is 53.6 Å². The standard InChI is InChI=1S/C28H28F2N2O3/c1-34-25-13-7-20(26(19-25)35-2)8-14-27(33)31-15-17-32(18-16-31)28(21-3-9-23(29)10-4-21)22-5-11-24(30)12-6-22/h3-14,19,28H,15-18H2,1-2H3.